The topological polar surface area (TPSA) is 54.5 Å². The van der Waals surface area contributed by atoms with Crippen molar-refractivity contribution in [3.05, 3.63) is 12.2 Å². The third-order valence-electron chi connectivity index (χ3n) is 1.90. The number of rotatable bonds is 3. The van der Waals surface area contributed by atoms with Crippen LogP contribution in [0.1, 0.15) is 26.6 Å². The molecular formula is C9H14N4. The molecule has 0 spiro atoms. The molecule has 0 N–H and O–H groups in total. The molecule has 1 aromatic heterocycles. The average Bonchev–Trinajstić information content (AvgIpc) is 2.51. The van der Waals surface area contributed by atoms with E-state index in [1.54, 1.807) is 0 Å². The third-order valence-corrected chi connectivity index (χ3v) is 1.90. The van der Waals surface area contributed by atoms with Crippen LogP contribution in [0, 0.1) is 16.7 Å². The van der Waals surface area contributed by atoms with Gasteiger partial charge in [-0.05, 0) is 20.8 Å². The molecule has 4 heteroatoms. The summed E-state index contributed by atoms with van der Waals surface area (Å²) in [4.78, 5) is 4.12. The molecule has 0 aliphatic heterocycles. The van der Waals surface area contributed by atoms with Gasteiger partial charge in [-0.15, -0.1) is 0 Å². The van der Waals surface area contributed by atoms with E-state index in [9.17, 15) is 0 Å². The summed E-state index contributed by atoms with van der Waals surface area (Å²) in [5.41, 5.74) is -0.361. The highest BCUT2D eigenvalue weighted by Crippen LogP contribution is 2.18. The van der Waals surface area contributed by atoms with Gasteiger partial charge in [0.25, 0.3) is 0 Å². The fraction of sp³-hybridized carbons (Fsp3) is 0.667. The van der Waals surface area contributed by atoms with Crippen molar-refractivity contribution in [2.45, 2.75) is 33.7 Å². The summed E-state index contributed by atoms with van der Waals surface area (Å²) in [6, 6.07) is 2.25. The molecule has 0 bridgehead atoms. The SMILES string of the molecule is CCn1ncnc1CC(C)(C)C#N. The highest BCUT2D eigenvalue weighted by atomic mass is 15.3. The lowest BCUT2D eigenvalue weighted by Gasteiger charge is -2.13. The molecule has 0 fully saturated rings. The van der Waals surface area contributed by atoms with Gasteiger partial charge in [0.1, 0.15) is 12.2 Å². The molecule has 0 aliphatic carbocycles. The van der Waals surface area contributed by atoms with Crippen molar-refractivity contribution < 1.29 is 0 Å². The van der Waals surface area contributed by atoms with Crippen LogP contribution >= 0.6 is 0 Å². The minimum absolute atomic E-state index is 0.361. The van der Waals surface area contributed by atoms with Crippen LogP contribution in [0.5, 0.6) is 0 Å². The Bertz CT molecular complexity index is 319. The van der Waals surface area contributed by atoms with E-state index in [0.717, 1.165) is 12.4 Å². The quantitative estimate of drug-likeness (QED) is 0.702. The fourth-order valence-corrected chi connectivity index (χ4v) is 1.12. The van der Waals surface area contributed by atoms with Crippen LogP contribution < -0.4 is 0 Å². The monoisotopic (exact) mass is 178 g/mol. The maximum absolute atomic E-state index is 8.85. The van der Waals surface area contributed by atoms with E-state index in [-0.39, 0.29) is 5.41 Å². The maximum atomic E-state index is 8.85. The summed E-state index contributed by atoms with van der Waals surface area (Å²) in [6.07, 6.45) is 2.18. The first-order valence-electron chi connectivity index (χ1n) is 4.37. The zero-order valence-corrected chi connectivity index (χ0v) is 8.28. The molecule has 0 aliphatic rings. The fourth-order valence-electron chi connectivity index (χ4n) is 1.12. The normalized spacial score (nSPS) is 11.2. The molecule has 0 saturated carbocycles. The Morgan fingerprint density at radius 3 is 2.85 bits per heavy atom. The van der Waals surface area contributed by atoms with E-state index in [0.29, 0.717) is 6.42 Å². The Hall–Kier alpha value is -1.37. The van der Waals surface area contributed by atoms with Crippen LogP contribution in [0.3, 0.4) is 0 Å². The predicted octanol–water partition coefficient (Wildman–Crippen LogP) is 1.39. The van der Waals surface area contributed by atoms with Gasteiger partial charge in [0.2, 0.25) is 0 Å². The van der Waals surface area contributed by atoms with Crippen LogP contribution in [-0.2, 0) is 13.0 Å². The Morgan fingerprint density at radius 2 is 2.31 bits per heavy atom. The van der Waals surface area contributed by atoms with Crippen LogP contribution in [0.2, 0.25) is 0 Å². The first kappa shape index (κ1) is 9.72. The van der Waals surface area contributed by atoms with Crippen molar-refractivity contribution >= 4 is 0 Å². The maximum Gasteiger partial charge on any atom is 0.138 e. The van der Waals surface area contributed by atoms with Crippen molar-refractivity contribution in [3.8, 4) is 6.07 Å². The third kappa shape index (κ3) is 2.28. The molecule has 70 valence electrons. The lowest BCUT2D eigenvalue weighted by Crippen LogP contribution is -2.16. The van der Waals surface area contributed by atoms with E-state index in [4.69, 9.17) is 5.26 Å². The van der Waals surface area contributed by atoms with Gasteiger partial charge in [0.05, 0.1) is 11.5 Å². The van der Waals surface area contributed by atoms with Gasteiger partial charge in [0, 0.05) is 13.0 Å². The molecule has 1 aromatic rings. The number of nitrogens with zero attached hydrogens (tertiary/aromatic N) is 4. The van der Waals surface area contributed by atoms with Crippen molar-refractivity contribution in [1.29, 1.82) is 5.26 Å². The van der Waals surface area contributed by atoms with Crippen molar-refractivity contribution in [2.75, 3.05) is 0 Å². The standard InChI is InChI=1S/C9H14N4/c1-4-13-8(11-7-12-13)5-9(2,3)6-10/h7H,4-5H2,1-3H3. The van der Waals surface area contributed by atoms with Gasteiger partial charge < -0.3 is 0 Å². The second kappa shape index (κ2) is 3.56. The number of aryl methyl sites for hydroxylation is 1. The van der Waals surface area contributed by atoms with Crippen LogP contribution in [0.25, 0.3) is 0 Å². The smallest absolute Gasteiger partial charge is 0.138 e. The first-order valence-corrected chi connectivity index (χ1v) is 4.37. The molecule has 1 rings (SSSR count). The van der Waals surface area contributed by atoms with Gasteiger partial charge in [-0.25, -0.2) is 4.98 Å². The molecule has 0 atom stereocenters. The molecular weight excluding hydrogens is 164 g/mol. The molecule has 0 unspecified atom stereocenters. The largest absolute Gasteiger partial charge is 0.250 e. The Kier molecular flexibility index (Phi) is 2.66. The Balaban J connectivity index is 2.81. The Labute approximate surface area is 78.2 Å². The minimum atomic E-state index is -0.361. The van der Waals surface area contributed by atoms with Crippen molar-refractivity contribution in [3.63, 3.8) is 0 Å². The summed E-state index contributed by atoms with van der Waals surface area (Å²) in [7, 11) is 0. The van der Waals surface area contributed by atoms with Gasteiger partial charge in [-0.2, -0.15) is 10.4 Å². The summed E-state index contributed by atoms with van der Waals surface area (Å²) < 4.78 is 1.82. The highest BCUT2D eigenvalue weighted by molar-refractivity contribution is 5.00. The average molecular weight is 178 g/mol. The molecule has 0 amide bonds. The van der Waals surface area contributed by atoms with Crippen LogP contribution in [0.4, 0.5) is 0 Å². The number of nitriles is 1. The summed E-state index contributed by atoms with van der Waals surface area (Å²) >= 11 is 0. The van der Waals surface area contributed by atoms with Gasteiger partial charge in [-0.3, -0.25) is 4.68 Å². The van der Waals surface area contributed by atoms with Gasteiger partial charge >= 0.3 is 0 Å². The summed E-state index contributed by atoms with van der Waals surface area (Å²) in [5.74, 6) is 0.883. The second-order valence-electron chi connectivity index (χ2n) is 3.66. The van der Waals surface area contributed by atoms with E-state index in [1.165, 1.54) is 6.33 Å². The van der Waals surface area contributed by atoms with E-state index >= 15 is 0 Å². The highest BCUT2D eigenvalue weighted by Gasteiger charge is 2.20. The van der Waals surface area contributed by atoms with Crippen molar-refractivity contribution in [2.24, 2.45) is 5.41 Å². The summed E-state index contributed by atoms with van der Waals surface area (Å²) in [6.45, 7) is 6.62. The summed E-state index contributed by atoms with van der Waals surface area (Å²) in [5, 5.41) is 12.9. The van der Waals surface area contributed by atoms with Crippen LogP contribution in [-0.4, -0.2) is 14.8 Å². The molecule has 0 aromatic carbocycles. The van der Waals surface area contributed by atoms with Crippen LogP contribution in [0.15, 0.2) is 6.33 Å². The Morgan fingerprint density at radius 1 is 1.62 bits per heavy atom. The number of hydrogen-bond acceptors (Lipinski definition) is 3. The molecule has 0 saturated heterocycles. The molecule has 13 heavy (non-hydrogen) atoms. The first-order chi connectivity index (χ1) is 6.09. The van der Waals surface area contributed by atoms with E-state index in [1.807, 2.05) is 25.5 Å². The van der Waals surface area contributed by atoms with Crippen molar-refractivity contribution in [1.82, 2.24) is 14.8 Å². The van der Waals surface area contributed by atoms with Gasteiger partial charge in [0.15, 0.2) is 0 Å². The second-order valence-corrected chi connectivity index (χ2v) is 3.66. The lowest BCUT2D eigenvalue weighted by atomic mass is 9.91. The number of aromatic nitrogens is 3. The lowest BCUT2D eigenvalue weighted by molar-refractivity contribution is 0.457. The molecule has 1 heterocycles. The molecule has 0 radical (unpaired) electrons. The van der Waals surface area contributed by atoms with E-state index < -0.39 is 0 Å². The van der Waals surface area contributed by atoms with Gasteiger partial charge in [-0.1, -0.05) is 0 Å². The zero-order valence-electron chi connectivity index (χ0n) is 8.28. The van der Waals surface area contributed by atoms with E-state index in [2.05, 4.69) is 16.2 Å². The predicted molar refractivity (Wildman–Crippen MR) is 48.8 cm³/mol. The molecule has 4 nitrogen and oxygen atoms in total. The minimum Gasteiger partial charge on any atom is -0.250 e. The zero-order chi connectivity index (χ0) is 9.90. The number of hydrogen-bond donors (Lipinski definition) is 0.